The van der Waals surface area contributed by atoms with Gasteiger partial charge in [-0.2, -0.15) is 0 Å². The SMILES string of the molecule is CCOc1ccc(N2C(=O)N(c3ccc(Cl)c(Cl)c3)[C@@H]3CS(=O)(=O)C[C@H]32)cc1. The Labute approximate surface area is 173 Å². The minimum atomic E-state index is -3.27. The number of anilines is 2. The van der Waals surface area contributed by atoms with E-state index in [0.29, 0.717) is 33.8 Å². The molecule has 0 unspecified atom stereocenters. The third kappa shape index (κ3) is 3.32. The highest BCUT2D eigenvalue weighted by Gasteiger charge is 2.54. The van der Waals surface area contributed by atoms with E-state index in [0.717, 1.165) is 0 Å². The predicted molar refractivity (Wildman–Crippen MR) is 111 cm³/mol. The van der Waals surface area contributed by atoms with Crippen LogP contribution in [0, 0.1) is 0 Å². The Balaban J connectivity index is 1.75. The van der Waals surface area contributed by atoms with Crippen LogP contribution in [0.3, 0.4) is 0 Å². The molecule has 0 bridgehead atoms. The second-order valence-electron chi connectivity index (χ2n) is 6.76. The van der Waals surface area contributed by atoms with Gasteiger partial charge in [0.05, 0.1) is 40.2 Å². The maximum atomic E-state index is 13.3. The first-order chi connectivity index (χ1) is 13.3. The highest BCUT2D eigenvalue weighted by Crippen LogP contribution is 2.39. The van der Waals surface area contributed by atoms with E-state index >= 15 is 0 Å². The number of amides is 2. The summed E-state index contributed by atoms with van der Waals surface area (Å²) in [7, 11) is -3.27. The van der Waals surface area contributed by atoms with Gasteiger partial charge in [-0.15, -0.1) is 0 Å². The molecule has 0 aliphatic carbocycles. The van der Waals surface area contributed by atoms with Crippen molar-refractivity contribution in [2.45, 2.75) is 19.0 Å². The van der Waals surface area contributed by atoms with Crippen molar-refractivity contribution in [3.63, 3.8) is 0 Å². The summed E-state index contributed by atoms with van der Waals surface area (Å²) in [6, 6.07) is 10.7. The summed E-state index contributed by atoms with van der Waals surface area (Å²) in [5.41, 5.74) is 1.16. The summed E-state index contributed by atoms with van der Waals surface area (Å²) < 4.78 is 30.1. The van der Waals surface area contributed by atoms with E-state index in [9.17, 15) is 13.2 Å². The number of rotatable bonds is 4. The lowest BCUT2D eigenvalue weighted by Crippen LogP contribution is -2.37. The monoisotopic (exact) mass is 440 g/mol. The quantitative estimate of drug-likeness (QED) is 0.673. The van der Waals surface area contributed by atoms with Crippen molar-refractivity contribution < 1.29 is 17.9 Å². The normalized spacial score (nSPS) is 23.2. The van der Waals surface area contributed by atoms with Gasteiger partial charge in [0.25, 0.3) is 0 Å². The Hall–Kier alpha value is -1.96. The molecule has 2 aromatic carbocycles. The van der Waals surface area contributed by atoms with E-state index in [1.807, 2.05) is 6.92 Å². The lowest BCUT2D eigenvalue weighted by molar-refractivity contribution is 0.255. The van der Waals surface area contributed by atoms with Gasteiger partial charge in [0, 0.05) is 11.4 Å². The van der Waals surface area contributed by atoms with Crippen LogP contribution in [-0.2, 0) is 9.84 Å². The lowest BCUT2D eigenvalue weighted by Gasteiger charge is -2.23. The average molecular weight is 441 g/mol. The number of ether oxygens (including phenoxy) is 1. The number of urea groups is 1. The first-order valence-electron chi connectivity index (χ1n) is 8.81. The molecule has 6 nitrogen and oxygen atoms in total. The number of halogens is 2. The van der Waals surface area contributed by atoms with Crippen molar-refractivity contribution in [3.8, 4) is 5.75 Å². The van der Waals surface area contributed by atoms with Crippen LogP contribution in [0.5, 0.6) is 5.75 Å². The zero-order chi connectivity index (χ0) is 20.1. The molecule has 148 valence electrons. The molecule has 28 heavy (non-hydrogen) atoms. The van der Waals surface area contributed by atoms with Crippen LogP contribution in [0.1, 0.15) is 6.92 Å². The molecule has 2 atom stereocenters. The van der Waals surface area contributed by atoms with Crippen LogP contribution in [0.4, 0.5) is 16.2 Å². The van der Waals surface area contributed by atoms with Gasteiger partial charge >= 0.3 is 6.03 Å². The maximum absolute atomic E-state index is 13.3. The van der Waals surface area contributed by atoms with Gasteiger partial charge < -0.3 is 4.74 Å². The summed E-state index contributed by atoms with van der Waals surface area (Å²) in [6.07, 6.45) is 0. The highest BCUT2D eigenvalue weighted by atomic mass is 35.5. The highest BCUT2D eigenvalue weighted by molar-refractivity contribution is 7.91. The number of nitrogens with zero attached hydrogens (tertiary/aromatic N) is 2. The third-order valence-electron chi connectivity index (χ3n) is 4.98. The fourth-order valence-corrected chi connectivity index (χ4v) is 6.02. The van der Waals surface area contributed by atoms with Gasteiger partial charge in [-0.1, -0.05) is 23.2 Å². The molecule has 2 aliphatic rings. The van der Waals surface area contributed by atoms with E-state index < -0.39 is 21.9 Å². The Kier molecular flexibility index (Phi) is 4.93. The number of carbonyl (C=O) groups excluding carboxylic acids is 1. The summed E-state index contributed by atoms with van der Waals surface area (Å²) in [4.78, 5) is 16.3. The van der Waals surface area contributed by atoms with Crippen LogP contribution in [0.2, 0.25) is 10.0 Å². The molecule has 0 N–H and O–H groups in total. The number of hydrogen-bond acceptors (Lipinski definition) is 4. The fraction of sp³-hybridized carbons (Fsp3) is 0.316. The first-order valence-corrected chi connectivity index (χ1v) is 11.4. The Morgan fingerprint density at radius 1 is 0.964 bits per heavy atom. The number of fused-ring (bicyclic) bond motifs is 1. The number of hydrogen-bond donors (Lipinski definition) is 0. The zero-order valence-corrected chi connectivity index (χ0v) is 17.3. The van der Waals surface area contributed by atoms with E-state index in [2.05, 4.69) is 0 Å². The Morgan fingerprint density at radius 3 is 2.11 bits per heavy atom. The van der Waals surface area contributed by atoms with Crippen LogP contribution >= 0.6 is 23.2 Å². The molecular formula is C19H18Cl2N2O4S. The standard InChI is InChI=1S/C19H18Cl2N2O4S/c1-2-27-14-6-3-12(4-7-14)22-17-10-28(25,26)11-18(17)23(19(22)24)13-5-8-15(20)16(21)9-13/h3-9,17-18H,2,10-11H2,1H3/t17-,18-/m1/s1. The molecule has 0 aromatic heterocycles. The van der Waals surface area contributed by atoms with E-state index in [1.54, 1.807) is 47.4 Å². The molecular weight excluding hydrogens is 423 g/mol. The van der Waals surface area contributed by atoms with Gasteiger partial charge in [0.2, 0.25) is 0 Å². The van der Waals surface area contributed by atoms with Crippen molar-refractivity contribution in [2.24, 2.45) is 0 Å². The minimum Gasteiger partial charge on any atom is -0.494 e. The maximum Gasteiger partial charge on any atom is 0.329 e. The predicted octanol–water partition coefficient (Wildman–Crippen LogP) is 4.00. The summed E-state index contributed by atoms with van der Waals surface area (Å²) >= 11 is 12.1. The van der Waals surface area contributed by atoms with Gasteiger partial charge in [-0.3, -0.25) is 9.80 Å². The molecule has 2 saturated heterocycles. The average Bonchev–Trinajstić information content (AvgIpc) is 3.07. The van der Waals surface area contributed by atoms with Gasteiger partial charge in [0.1, 0.15) is 5.75 Å². The van der Waals surface area contributed by atoms with Gasteiger partial charge in [-0.05, 0) is 49.4 Å². The van der Waals surface area contributed by atoms with E-state index in [1.165, 1.54) is 4.90 Å². The second kappa shape index (κ2) is 7.13. The van der Waals surface area contributed by atoms with Crippen molar-refractivity contribution in [2.75, 3.05) is 27.9 Å². The minimum absolute atomic E-state index is 0.0750. The molecule has 9 heteroatoms. The van der Waals surface area contributed by atoms with E-state index in [-0.39, 0.29) is 17.5 Å². The smallest absolute Gasteiger partial charge is 0.329 e. The van der Waals surface area contributed by atoms with Crippen molar-refractivity contribution in [1.29, 1.82) is 0 Å². The molecule has 0 radical (unpaired) electrons. The first kappa shape index (κ1) is 19.4. The molecule has 2 amide bonds. The van der Waals surface area contributed by atoms with Crippen molar-refractivity contribution in [3.05, 3.63) is 52.5 Å². The van der Waals surface area contributed by atoms with Crippen LogP contribution in [-0.4, -0.2) is 44.6 Å². The number of benzene rings is 2. The molecule has 2 aromatic rings. The van der Waals surface area contributed by atoms with Gasteiger partial charge in [0.15, 0.2) is 9.84 Å². The van der Waals surface area contributed by atoms with Crippen LogP contribution in [0.25, 0.3) is 0 Å². The lowest BCUT2D eigenvalue weighted by atomic mass is 10.1. The van der Waals surface area contributed by atoms with Crippen molar-refractivity contribution >= 4 is 50.4 Å². The topological polar surface area (TPSA) is 66.9 Å². The molecule has 2 aliphatic heterocycles. The fourth-order valence-electron chi connectivity index (χ4n) is 3.81. The Morgan fingerprint density at radius 2 is 1.54 bits per heavy atom. The molecule has 0 spiro atoms. The Bertz CT molecular complexity index is 1030. The van der Waals surface area contributed by atoms with E-state index in [4.69, 9.17) is 27.9 Å². The number of sulfone groups is 1. The third-order valence-corrected chi connectivity index (χ3v) is 7.41. The second-order valence-corrected chi connectivity index (χ2v) is 9.73. The molecule has 4 rings (SSSR count). The number of carbonyl (C=O) groups is 1. The summed E-state index contributed by atoms with van der Waals surface area (Å²) in [5.74, 6) is 0.529. The van der Waals surface area contributed by atoms with Gasteiger partial charge in [-0.25, -0.2) is 13.2 Å². The largest absolute Gasteiger partial charge is 0.494 e. The summed E-state index contributed by atoms with van der Waals surface area (Å²) in [5, 5.41) is 0.680. The zero-order valence-electron chi connectivity index (χ0n) is 15.0. The molecule has 0 saturated carbocycles. The van der Waals surface area contributed by atoms with Crippen LogP contribution < -0.4 is 14.5 Å². The summed E-state index contributed by atoms with van der Waals surface area (Å²) in [6.45, 7) is 2.43. The van der Waals surface area contributed by atoms with Crippen molar-refractivity contribution in [1.82, 2.24) is 0 Å². The van der Waals surface area contributed by atoms with Crippen LogP contribution in [0.15, 0.2) is 42.5 Å². The molecule has 2 heterocycles. The molecule has 2 fully saturated rings.